The van der Waals surface area contributed by atoms with E-state index in [1.165, 1.54) is 12.1 Å². The molecular formula is C24H23FN4O3. The minimum absolute atomic E-state index is 0.245. The van der Waals surface area contributed by atoms with E-state index in [1.54, 1.807) is 23.1 Å². The number of ether oxygens (including phenoxy) is 1. The van der Waals surface area contributed by atoms with Gasteiger partial charge in [0, 0.05) is 17.8 Å². The van der Waals surface area contributed by atoms with Crippen molar-refractivity contribution in [3.05, 3.63) is 84.2 Å². The van der Waals surface area contributed by atoms with Gasteiger partial charge in [-0.05, 0) is 43.7 Å². The molecule has 2 amide bonds. The standard InChI is InChI=1S/C24H23FN4O3/c1-4-13-29-15(3)20(23-27-22(28-32-23)17-7-6-8-18(25)14-17)21(26-24(29)30)16-9-11-19(12-10-16)31-5-2/h4,6-12,14,21H,1,5,13H2,2-3H3,(H,26,30). The van der Waals surface area contributed by atoms with Crippen LogP contribution in [0.25, 0.3) is 17.0 Å². The molecule has 7 nitrogen and oxygen atoms in total. The Morgan fingerprint density at radius 1 is 1.28 bits per heavy atom. The minimum Gasteiger partial charge on any atom is -0.494 e. The number of hydrogen-bond acceptors (Lipinski definition) is 5. The summed E-state index contributed by atoms with van der Waals surface area (Å²) in [5, 5.41) is 7.04. The van der Waals surface area contributed by atoms with Crippen LogP contribution < -0.4 is 10.1 Å². The molecule has 1 aliphatic heterocycles. The molecular weight excluding hydrogens is 411 g/mol. The van der Waals surface area contributed by atoms with Gasteiger partial charge in [0.2, 0.25) is 5.82 Å². The molecule has 0 saturated carbocycles. The molecule has 164 valence electrons. The van der Waals surface area contributed by atoms with Gasteiger partial charge in [0.25, 0.3) is 5.89 Å². The SMILES string of the molecule is C=CCN1C(=O)NC(c2ccc(OCC)cc2)C(c2nc(-c3cccc(F)c3)no2)=C1C. The fraction of sp³-hybridized carbons (Fsp3) is 0.208. The van der Waals surface area contributed by atoms with Gasteiger partial charge < -0.3 is 14.6 Å². The zero-order chi connectivity index (χ0) is 22.7. The number of rotatable bonds is 7. The number of carbonyl (C=O) groups excluding carboxylic acids is 1. The highest BCUT2D eigenvalue weighted by atomic mass is 19.1. The van der Waals surface area contributed by atoms with Crippen LogP contribution in [0.2, 0.25) is 0 Å². The van der Waals surface area contributed by atoms with Gasteiger partial charge in [0.05, 0.1) is 18.2 Å². The number of urea groups is 1. The van der Waals surface area contributed by atoms with E-state index in [4.69, 9.17) is 9.26 Å². The first-order valence-electron chi connectivity index (χ1n) is 10.2. The Balaban J connectivity index is 1.78. The Bertz CT molecular complexity index is 1170. The highest BCUT2D eigenvalue weighted by Crippen LogP contribution is 2.37. The van der Waals surface area contributed by atoms with Gasteiger partial charge in [-0.2, -0.15) is 4.98 Å². The van der Waals surface area contributed by atoms with Crippen LogP contribution in [0.1, 0.15) is 31.3 Å². The number of hydrogen-bond donors (Lipinski definition) is 1. The molecule has 1 atom stereocenters. The van der Waals surface area contributed by atoms with Crippen LogP contribution in [0.15, 0.2) is 71.4 Å². The second kappa shape index (κ2) is 9.05. The van der Waals surface area contributed by atoms with E-state index < -0.39 is 11.9 Å². The number of amides is 2. The highest BCUT2D eigenvalue weighted by molar-refractivity contribution is 5.87. The van der Waals surface area contributed by atoms with Crippen molar-refractivity contribution in [1.82, 2.24) is 20.4 Å². The predicted octanol–water partition coefficient (Wildman–Crippen LogP) is 4.96. The van der Waals surface area contributed by atoms with Gasteiger partial charge in [-0.3, -0.25) is 4.90 Å². The first-order chi connectivity index (χ1) is 15.5. The van der Waals surface area contributed by atoms with Crippen LogP contribution in [0, 0.1) is 5.82 Å². The second-order valence-electron chi connectivity index (χ2n) is 7.22. The third-order valence-corrected chi connectivity index (χ3v) is 5.17. The Labute approximate surface area is 185 Å². The van der Waals surface area contributed by atoms with Crippen molar-refractivity contribution in [2.45, 2.75) is 19.9 Å². The van der Waals surface area contributed by atoms with Crippen molar-refractivity contribution in [2.75, 3.05) is 13.2 Å². The molecule has 2 heterocycles. The van der Waals surface area contributed by atoms with Gasteiger partial charge in [0.15, 0.2) is 0 Å². The van der Waals surface area contributed by atoms with Gasteiger partial charge in [-0.15, -0.1) is 6.58 Å². The maximum Gasteiger partial charge on any atom is 0.322 e. The Hall–Kier alpha value is -3.94. The summed E-state index contributed by atoms with van der Waals surface area (Å²) in [6.07, 6.45) is 1.64. The number of carbonyl (C=O) groups is 1. The van der Waals surface area contributed by atoms with Crippen molar-refractivity contribution in [3.8, 4) is 17.1 Å². The summed E-state index contributed by atoms with van der Waals surface area (Å²) in [6.45, 7) is 8.36. The van der Waals surface area contributed by atoms with Crippen LogP contribution in [0.5, 0.6) is 5.75 Å². The van der Waals surface area contributed by atoms with Crippen LogP contribution >= 0.6 is 0 Å². The quantitative estimate of drug-likeness (QED) is 0.532. The summed E-state index contributed by atoms with van der Waals surface area (Å²) in [5.41, 5.74) is 2.66. The summed E-state index contributed by atoms with van der Waals surface area (Å²) in [6, 6.07) is 12.7. The van der Waals surface area contributed by atoms with E-state index in [2.05, 4.69) is 22.0 Å². The van der Waals surface area contributed by atoms with Crippen molar-refractivity contribution in [2.24, 2.45) is 0 Å². The smallest absolute Gasteiger partial charge is 0.322 e. The summed E-state index contributed by atoms with van der Waals surface area (Å²) in [5.74, 6) is 0.853. The lowest BCUT2D eigenvalue weighted by Gasteiger charge is -2.34. The summed E-state index contributed by atoms with van der Waals surface area (Å²) < 4.78 is 24.8. The molecule has 0 fully saturated rings. The normalized spacial score (nSPS) is 16.2. The fourth-order valence-corrected chi connectivity index (χ4v) is 3.66. The number of benzene rings is 2. The molecule has 1 aliphatic rings. The maximum absolute atomic E-state index is 13.7. The van der Waals surface area contributed by atoms with Gasteiger partial charge in [0.1, 0.15) is 11.6 Å². The van der Waals surface area contributed by atoms with Crippen LogP contribution in [-0.2, 0) is 0 Å². The lowest BCUT2D eigenvalue weighted by Crippen LogP contribution is -2.46. The topological polar surface area (TPSA) is 80.5 Å². The van der Waals surface area contributed by atoms with E-state index in [0.717, 1.165) is 11.3 Å². The number of aromatic nitrogens is 2. The van der Waals surface area contributed by atoms with Crippen molar-refractivity contribution >= 4 is 11.6 Å². The molecule has 4 rings (SSSR count). The summed E-state index contributed by atoms with van der Waals surface area (Å²) in [7, 11) is 0. The average molecular weight is 434 g/mol. The van der Waals surface area contributed by atoms with Gasteiger partial charge >= 0.3 is 6.03 Å². The fourth-order valence-electron chi connectivity index (χ4n) is 3.66. The Kier molecular flexibility index (Phi) is 6.02. The Morgan fingerprint density at radius 3 is 2.75 bits per heavy atom. The molecule has 0 radical (unpaired) electrons. The van der Waals surface area contributed by atoms with Crippen molar-refractivity contribution in [3.63, 3.8) is 0 Å². The van der Waals surface area contributed by atoms with Crippen molar-refractivity contribution in [1.29, 1.82) is 0 Å². The first-order valence-corrected chi connectivity index (χ1v) is 10.2. The van der Waals surface area contributed by atoms with Crippen LogP contribution in [-0.4, -0.2) is 34.2 Å². The number of halogens is 1. The first kappa shape index (κ1) is 21.3. The summed E-state index contributed by atoms with van der Waals surface area (Å²) >= 11 is 0. The molecule has 8 heteroatoms. The molecule has 0 bridgehead atoms. The molecule has 1 aromatic heterocycles. The third kappa shape index (κ3) is 4.12. The zero-order valence-corrected chi connectivity index (χ0v) is 17.8. The van der Waals surface area contributed by atoms with Gasteiger partial charge in [-0.1, -0.05) is 35.5 Å². The van der Waals surface area contributed by atoms with E-state index in [9.17, 15) is 9.18 Å². The monoisotopic (exact) mass is 434 g/mol. The molecule has 0 saturated heterocycles. The predicted molar refractivity (Wildman–Crippen MR) is 118 cm³/mol. The van der Waals surface area contributed by atoms with E-state index in [-0.39, 0.29) is 17.7 Å². The number of nitrogens with zero attached hydrogens (tertiary/aromatic N) is 3. The van der Waals surface area contributed by atoms with Crippen LogP contribution in [0.3, 0.4) is 0 Å². The molecule has 0 spiro atoms. The van der Waals surface area contributed by atoms with E-state index >= 15 is 0 Å². The largest absolute Gasteiger partial charge is 0.494 e. The third-order valence-electron chi connectivity index (χ3n) is 5.17. The minimum atomic E-state index is -0.514. The highest BCUT2D eigenvalue weighted by Gasteiger charge is 2.35. The van der Waals surface area contributed by atoms with E-state index in [0.29, 0.717) is 30.0 Å². The molecule has 1 N–H and O–H groups in total. The maximum atomic E-state index is 13.7. The second-order valence-corrected chi connectivity index (χ2v) is 7.22. The lowest BCUT2D eigenvalue weighted by molar-refractivity contribution is 0.209. The van der Waals surface area contributed by atoms with E-state index in [1.807, 2.05) is 38.1 Å². The number of nitrogens with one attached hydrogen (secondary N) is 1. The molecule has 1 unspecified atom stereocenters. The lowest BCUT2D eigenvalue weighted by atomic mass is 9.94. The molecule has 32 heavy (non-hydrogen) atoms. The summed E-state index contributed by atoms with van der Waals surface area (Å²) in [4.78, 5) is 18.9. The zero-order valence-electron chi connectivity index (χ0n) is 17.8. The number of allylic oxidation sites excluding steroid dienone is 1. The van der Waals surface area contributed by atoms with Crippen LogP contribution in [0.4, 0.5) is 9.18 Å². The average Bonchev–Trinajstić information content (AvgIpc) is 3.27. The molecule has 3 aromatic rings. The Morgan fingerprint density at radius 2 is 2.06 bits per heavy atom. The molecule has 0 aliphatic carbocycles. The van der Waals surface area contributed by atoms with Crippen molar-refractivity contribution < 1.29 is 18.4 Å². The van der Waals surface area contributed by atoms with Gasteiger partial charge in [-0.25, -0.2) is 9.18 Å². The molecule has 2 aromatic carbocycles.